The Bertz CT molecular complexity index is 788. The average Bonchev–Trinajstić information content (AvgIpc) is 2.89. The van der Waals surface area contributed by atoms with Gasteiger partial charge in [-0.05, 0) is 31.2 Å². The van der Waals surface area contributed by atoms with E-state index >= 15 is 0 Å². The van der Waals surface area contributed by atoms with Crippen LogP contribution < -0.4 is 4.74 Å². The summed E-state index contributed by atoms with van der Waals surface area (Å²) in [5.74, 6) is 0.140. The second kappa shape index (κ2) is 5.48. The molecule has 1 atom stereocenters. The van der Waals surface area contributed by atoms with Crippen LogP contribution in [0.25, 0.3) is 21.9 Å². The second-order valence-electron chi connectivity index (χ2n) is 4.99. The van der Waals surface area contributed by atoms with Crippen LogP contribution in [0.5, 0.6) is 5.75 Å². The number of fused-ring (bicyclic) bond motifs is 3. The number of furan rings is 1. The monoisotopic (exact) mass is 284 g/mol. The topological polar surface area (TPSA) is 48.7 Å². The van der Waals surface area contributed by atoms with E-state index in [1.165, 1.54) is 7.11 Å². The first-order valence-electron chi connectivity index (χ1n) is 6.81. The van der Waals surface area contributed by atoms with Crippen molar-refractivity contribution in [1.29, 1.82) is 0 Å². The van der Waals surface area contributed by atoms with Gasteiger partial charge in [0, 0.05) is 10.8 Å². The fraction of sp³-hybridized carbons (Fsp3) is 0.235. The van der Waals surface area contributed by atoms with Crippen molar-refractivity contribution in [3.63, 3.8) is 0 Å². The third kappa shape index (κ3) is 2.57. The van der Waals surface area contributed by atoms with Crippen molar-refractivity contribution in [2.45, 2.75) is 6.92 Å². The van der Waals surface area contributed by atoms with E-state index in [4.69, 9.17) is 9.15 Å². The number of rotatable bonds is 4. The van der Waals surface area contributed by atoms with E-state index in [0.29, 0.717) is 5.75 Å². The second-order valence-corrected chi connectivity index (χ2v) is 4.99. The Balaban J connectivity index is 1.87. The summed E-state index contributed by atoms with van der Waals surface area (Å²) in [6, 6.07) is 13.5. The molecule has 0 aliphatic carbocycles. The van der Waals surface area contributed by atoms with E-state index in [2.05, 4.69) is 4.74 Å². The number of hydrogen-bond donors (Lipinski definition) is 0. The van der Waals surface area contributed by atoms with Crippen LogP contribution in [-0.2, 0) is 9.53 Å². The van der Waals surface area contributed by atoms with Crippen molar-refractivity contribution >= 4 is 27.9 Å². The van der Waals surface area contributed by atoms with Crippen LogP contribution in [0, 0.1) is 5.92 Å². The van der Waals surface area contributed by atoms with E-state index in [1.807, 2.05) is 42.5 Å². The molecule has 1 unspecified atom stereocenters. The first-order valence-corrected chi connectivity index (χ1v) is 6.81. The number of carbonyl (C=O) groups is 1. The minimum Gasteiger partial charge on any atom is -0.493 e. The molecule has 0 fully saturated rings. The number of benzene rings is 2. The lowest BCUT2D eigenvalue weighted by atomic mass is 10.1. The van der Waals surface area contributed by atoms with Crippen LogP contribution in [-0.4, -0.2) is 19.7 Å². The van der Waals surface area contributed by atoms with Gasteiger partial charge in [-0.15, -0.1) is 0 Å². The van der Waals surface area contributed by atoms with Crippen LogP contribution in [0.3, 0.4) is 0 Å². The highest BCUT2D eigenvalue weighted by molar-refractivity contribution is 6.05. The zero-order valence-electron chi connectivity index (χ0n) is 12.0. The fourth-order valence-electron chi connectivity index (χ4n) is 2.29. The fourth-order valence-corrected chi connectivity index (χ4v) is 2.29. The predicted octanol–water partition coefficient (Wildman–Crippen LogP) is 3.77. The van der Waals surface area contributed by atoms with E-state index < -0.39 is 0 Å². The highest BCUT2D eigenvalue weighted by atomic mass is 16.5. The van der Waals surface area contributed by atoms with Gasteiger partial charge in [-0.3, -0.25) is 4.79 Å². The van der Waals surface area contributed by atoms with Gasteiger partial charge in [-0.1, -0.05) is 18.2 Å². The average molecular weight is 284 g/mol. The summed E-state index contributed by atoms with van der Waals surface area (Å²) in [4.78, 5) is 11.4. The lowest BCUT2D eigenvalue weighted by molar-refractivity contribution is -0.145. The first kappa shape index (κ1) is 13.5. The summed E-state index contributed by atoms with van der Waals surface area (Å²) in [5, 5.41) is 2.06. The Labute approximate surface area is 122 Å². The number of para-hydroxylation sites is 1. The molecular formula is C17H16O4. The third-order valence-corrected chi connectivity index (χ3v) is 3.45. The number of hydrogen-bond acceptors (Lipinski definition) is 4. The number of methoxy groups -OCH3 is 1. The van der Waals surface area contributed by atoms with Crippen molar-refractivity contribution in [3.05, 3.63) is 42.5 Å². The molecule has 0 radical (unpaired) electrons. The molecule has 0 spiro atoms. The lowest BCUT2D eigenvalue weighted by Gasteiger charge is -2.11. The van der Waals surface area contributed by atoms with Crippen LogP contribution in [0.2, 0.25) is 0 Å². The summed E-state index contributed by atoms with van der Waals surface area (Å²) in [5.41, 5.74) is 1.68. The van der Waals surface area contributed by atoms with Gasteiger partial charge >= 0.3 is 5.97 Å². The van der Waals surface area contributed by atoms with E-state index in [-0.39, 0.29) is 18.5 Å². The summed E-state index contributed by atoms with van der Waals surface area (Å²) in [6.45, 7) is 2.06. The smallest absolute Gasteiger partial charge is 0.311 e. The van der Waals surface area contributed by atoms with Crippen molar-refractivity contribution in [1.82, 2.24) is 0 Å². The summed E-state index contributed by atoms with van der Waals surface area (Å²) < 4.78 is 16.1. The van der Waals surface area contributed by atoms with E-state index in [0.717, 1.165) is 21.9 Å². The molecule has 0 amide bonds. The zero-order valence-corrected chi connectivity index (χ0v) is 12.0. The molecular weight excluding hydrogens is 268 g/mol. The molecule has 1 aromatic heterocycles. The molecule has 3 aromatic rings. The molecule has 0 aliphatic rings. The molecule has 0 aliphatic heterocycles. The summed E-state index contributed by atoms with van der Waals surface area (Å²) in [6.07, 6.45) is 0. The summed E-state index contributed by atoms with van der Waals surface area (Å²) >= 11 is 0. The van der Waals surface area contributed by atoms with Crippen LogP contribution >= 0.6 is 0 Å². The van der Waals surface area contributed by atoms with E-state index in [1.54, 1.807) is 6.92 Å². The third-order valence-electron chi connectivity index (χ3n) is 3.45. The maximum absolute atomic E-state index is 11.4. The van der Waals surface area contributed by atoms with Crippen LogP contribution in [0.1, 0.15) is 6.92 Å². The lowest BCUT2D eigenvalue weighted by Crippen LogP contribution is -2.19. The molecule has 3 rings (SSSR count). The minimum atomic E-state index is -0.299. The van der Waals surface area contributed by atoms with Gasteiger partial charge in [0.2, 0.25) is 0 Å². The first-order chi connectivity index (χ1) is 10.2. The molecule has 0 bridgehead atoms. The van der Waals surface area contributed by atoms with Crippen molar-refractivity contribution in [2.24, 2.45) is 5.92 Å². The normalized spacial score (nSPS) is 12.5. The van der Waals surface area contributed by atoms with Gasteiger partial charge in [0.1, 0.15) is 23.5 Å². The van der Waals surface area contributed by atoms with Gasteiger partial charge in [0.05, 0.1) is 13.0 Å². The Morgan fingerprint density at radius 3 is 2.71 bits per heavy atom. The van der Waals surface area contributed by atoms with Crippen molar-refractivity contribution in [2.75, 3.05) is 13.7 Å². The van der Waals surface area contributed by atoms with Gasteiger partial charge < -0.3 is 13.9 Å². The zero-order chi connectivity index (χ0) is 14.8. The van der Waals surface area contributed by atoms with Crippen LogP contribution in [0.15, 0.2) is 46.9 Å². The molecule has 0 saturated carbocycles. The molecule has 0 N–H and O–H groups in total. The Kier molecular flexibility index (Phi) is 3.52. The highest BCUT2D eigenvalue weighted by Gasteiger charge is 2.14. The maximum Gasteiger partial charge on any atom is 0.311 e. The number of carbonyl (C=O) groups excluding carboxylic acids is 1. The van der Waals surface area contributed by atoms with Gasteiger partial charge in [0.15, 0.2) is 0 Å². The summed E-state index contributed by atoms with van der Waals surface area (Å²) in [7, 11) is 1.38. The highest BCUT2D eigenvalue weighted by Crippen LogP contribution is 2.31. The molecule has 0 saturated heterocycles. The number of esters is 1. The molecule has 21 heavy (non-hydrogen) atoms. The Hall–Kier alpha value is -2.49. The van der Waals surface area contributed by atoms with E-state index in [9.17, 15) is 4.79 Å². The van der Waals surface area contributed by atoms with Crippen molar-refractivity contribution < 1.29 is 18.7 Å². The largest absolute Gasteiger partial charge is 0.493 e. The van der Waals surface area contributed by atoms with Crippen LogP contribution in [0.4, 0.5) is 0 Å². The predicted molar refractivity (Wildman–Crippen MR) is 80.4 cm³/mol. The minimum absolute atomic E-state index is 0.273. The van der Waals surface area contributed by atoms with Gasteiger partial charge in [-0.2, -0.15) is 0 Å². The van der Waals surface area contributed by atoms with Crippen molar-refractivity contribution in [3.8, 4) is 5.75 Å². The molecule has 108 valence electrons. The Morgan fingerprint density at radius 1 is 1.14 bits per heavy atom. The molecule has 4 heteroatoms. The van der Waals surface area contributed by atoms with Gasteiger partial charge in [-0.25, -0.2) is 0 Å². The quantitative estimate of drug-likeness (QED) is 0.684. The molecule has 1 heterocycles. The molecule has 2 aromatic carbocycles. The standard InChI is InChI=1S/C17H16O4/c1-11(17(18)19-2)10-20-12-7-8-16-14(9-12)13-5-3-4-6-15(13)21-16/h3-9,11H,10H2,1-2H3. The molecule has 4 nitrogen and oxygen atoms in total. The van der Waals surface area contributed by atoms with Gasteiger partial charge in [0.25, 0.3) is 0 Å². The SMILES string of the molecule is COC(=O)C(C)COc1ccc2oc3ccccc3c2c1. The Morgan fingerprint density at radius 2 is 1.90 bits per heavy atom. The number of ether oxygens (including phenoxy) is 2. The maximum atomic E-state index is 11.4.